The van der Waals surface area contributed by atoms with Gasteiger partial charge in [0.05, 0.1) is 12.7 Å². The van der Waals surface area contributed by atoms with E-state index in [1.54, 1.807) is 24.3 Å². The predicted molar refractivity (Wildman–Crippen MR) is 107 cm³/mol. The van der Waals surface area contributed by atoms with E-state index >= 15 is 0 Å². The third-order valence-corrected chi connectivity index (χ3v) is 4.77. The van der Waals surface area contributed by atoms with Crippen LogP contribution in [0.4, 0.5) is 0 Å². The van der Waals surface area contributed by atoms with Crippen molar-refractivity contribution in [3.63, 3.8) is 0 Å². The molecular weight excluding hydrogens is 364 g/mol. The van der Waals surface area contributed by atoms with Crippen LogP contribution in [0.1, 0.15) is 62.4 Å². The highest BCUT2D eigenvalue weighted by molar-refractivity contribution is 6.30. The number of carbonyl (C=O) groups is 2. The van der Waals surface area contributed by atoms with Crippen molar-refractivity contribution < 1.29 is 19.1 Å². The van der Waals surface area contributed by atoms with Gasteiger partial charge in [0.15, 0.2) is 0 Å². The van der Waals surface area contributed by atoms with Crippen LogP contribution in [0.15, 0.2) is 30.0 Å². The number of rotatable bonds is 5. The van der Waals surface area contributed by atoms with Gasteiger partial charge in [-0.25, -0.2) is 4.79 Å². The molecule has 0 aromatic heterocycles. The van der Waals surface area contributed by atoms with Gasteiger partial charge < -0.3 is 9.47 Å². The fraction of sp³-hybridized carbons (Fsp3) is 0.500. The van der Waals surface area contributed by atoms with E-state index in [9.17, 15) is 9.59 Å². The molecule has 0 amide bonds. The summed E-state index contributed by atoms with van der Waals surface area (Å²) in [6.07, 6.45) is 7.26. The van der Waals surface area contributed by atoms with Gasteiger partial charge in [-0.3, -0.25) is 4.79 Å². The molecule has 0 heterocycles. The fourth-order valence-electron chi connectivity index (χ4n) is 3.35. The summed E-state index contributed by atoms with van der Waals surface area (Å²) in [5, 5.41) is 0.541. The van der Waals surface area contributed by atoms with Gasteiger partial charge in [0.2, 0.25) is 0 Å². The van der Waals surface area contributed by atoms with Crippen LogP contribution in [0, 0.1) is 11.8 Å². The zero-order valence-electron chi connectivity index (χ0n) is 16.4. The van der Waals surface area contributed by atoms with Gasteiger partial charge in [-0.1, -0.05) is 18.0 Å². The number of allylic oxidation sites excluding steroid dienone is 1. The summed E-state index contributed by atoms with van der Waals surface area (Å²) in [6, 6.07) is 5.01. The average molecular weight is 391 g/mol. The molecule has 1 saturated carbocycles. The van der Waals surface area contributed by atoms with Crippen molar-refractivity contribution in [2.45, 2.75) is 52.1 Å². The molecule has 5 heteroatoms. The van der Waals surface area contributed by atoms with Crippen LogP contribution in [0.3, 0.4) is 0 Å². The Morgan fingerprint density at radius 3 is 2.70 bits per heavy atom. The first-order valence-electron chi connectivity index (χ1n) is 9.22. The summed E-state index contributed by atoms with van der Waals surface area (Å²) in [4.78, 5) is 24.0. The maximum atomic E-state index is 12.1. The lowest BCUT2D eigenvalue weighted by atomic mass is 9.92. The molecule has 2 atom stereocenters. The third-order valence-electron chi connectivity index (χ3n) is 4.53. The molecule has 146 valence electrons. The molecule has 0 unspecified atom stereocenters. The Kier molecular flexibility index (Phi) is 7.29. The van der Waals surface area contributed by atoms with Crippen molar-refractivity contribution in [2.24, 2.45) is 11.8 Å². The van der Waals surface area contributed by atoms with Crippen LogP contribution in [0.2, 0.25) is 5.02 Å². The van der Waals surface area contributed by atoms with Gasteiger partial charge in [-0.05, 0) is 81.4 Å². The molecule has 0 bridgehead atoms. The molecule has 0 radical (unpaired) electrons. The van der Waals surface area contributed by atoms with Gasteiger partial charge in [-0.2, -0.15) is 0 Å². The Hall–Kier alpha value is -2.03. The topological polar surface area (TPSA) is 52.6 Å². The zero-order chi connectivity index (χ0) is 20.0. The number of esters is 2. The van der Waals surface area contributed by atoms with E-state index in [-0.39, 0.29) is 17.8 Å². The number of halogens is 1. The first-order valence-corrected chi connectivity index (χ1v) is 9.59. The lowest BCUT2D eigenvalue weighted by Gasteiger charge is -2.22. The SMILES string of the molecule is COC(=O)c1ccc(Cl)cc1C=C=C[C@@H]1CCC[C@@H]1CC(=O)OC(C)(C)C. The lowest BCUT2D eigenvalue weighted by molar-refractivity contribution is -0.156. The number of benzene rings is 1. The lowest BCUT2D eigenvalue weighted by Crippen LogP contribution is -2.25. The van der Waals surface area contributed by atoms with Crippen LogP contribution < -0.4 is 0 Å². The van der Waals surface area contributed by atoms with Crippen LogP contribution in [-0.2, 0) is 14.3 Å². The Morgan fingerprint density at radius 2 is 2.04 bits per heavy atom. The second kappa shape index (κ2) is 9.25. The summed E-state index contributed by atoms with van der Waals surface area (Å²) >= 11 is 6.04. The summed E-state index contributed by atoms with van der Waals surface area (Å²) in [5.74, 6) is -0.0299. The Labute approximate surface area is 166 Å². The van der Waals surface area contributed by atoms with E-state index in [1.807, 2.05) is 26.8 Å². The van der Waals surface area contributed by atoms with Crippen molar-refractivity contribution in [2.75, 3.05) is 7.11 Å². The summed E-state index contributed by atoms with van der Waals surface area (Å²) < 4.78 is 10.2. The first kappa shape index (κ1) is 21.3. The molecule has 0 saturated heterocycles. The summed E-state index contributed by atoms with van der Waals surface area (Å²) in [7, 11) is 1.35. The number of ether oxygens (including phenoxy) is 2. The maximum Gasteiger partial charge on any atom is 0.338 e. The van der Waals surface area contributed by atoms with Crippen LogP contribution in [-0.4, -0.2) is 24.6 Å². The highest BCUT2D eigenvalue weighted by Gasteiger charge is 2.29. The average Bonchev–Trinajstić information content (AvgIpc) is 2.99. The Bertz CT molecular complexity index is 754. The highest BCUT2D eigenvalue weighted by atomic mass is 35.5. The van der Waals surface area contributed by atoms with Crippen molar-refractivity contribution in [3.8, 4) is 0 Å². The molecule has 1 aliphatic rings. The molecule has 1 aromatic rings. The molecule has 0 N–H and O–H groups in total. The molecule has 1 aliphatic carbocycles. The van der Waals surface area contributed by atoms with E-state index in [0.717, 1.165) is 19.3 Å². The van der Waals surface area contributed by atoms with Gasteiger partial charge >= 0.3 is 11.9 Å². The fourth-order valence-corrected chi connectivity index (χ4v) is 3.53. The molecule has 27 heavy (non-hydrogen) atoms. The van der Waals surface area contributed by atoms with Gasteiger partial charge in [0, 0.05) is 11.4 Å². The van der Waals surface area contributed by atoms with E-state index in [2.05, 4.69) is 5.73 Å². The smallest absolute Gasteiger partial charge is 0.338 e. The van der Waals surface area contributed by atoms with E-state index in [1.165, 1.54) is 7.11 Å². The van der Waals surface area contributed by atoms with Crippen molar-refractivity contribution in [3.05, 3.63) is 46.2 Å². The minimum absolute atomic E-state index is 0.153. The Balaban J connectivity index is 2.11. The van der Waals surface area contributed by atoms with Crippen LogP contribution in [0.5, 0.6) is 0 Å². The quantitative estimate of drug-likeness (QED) is 0.496. The van der Waals surface area contributed by atoms with Gasteiger partial charge in [0.25, 0.3) is 0 Å². The molecular formula is C22H27ClO4. The molecule has 2 rings (SSSR count). The normalized spacial score (nSPS) is 19.1. The number of methoxy groups -OCH3 is 1. The van der Waals surface area contributed by atoms with Crippen molar-refractivity contribution in [1.29, 1.82) is 0 Å². The molecule has 0 spiro atoms. The monoisotopic (exact) mass is 390 g/mol. The first-order chi connectivity index (χ1) is 12.7. The van der Waals surface area contributed by atoms with Gasteiger partial charge in [0.1, 0.15) is 5.60 Å². The molecule has 0 aliphatic heterocycles. The number of carbonyl (C=O) groups excluding carboxylic acids is 2. The molecule has 1 aromatic carbocycles. The molecule has 4 nitrogen and oxygen atoms in total. The third kappa shape index (κ3) is 6.57. The highest BCUT2D eigenvalue weighted by Crippen LogP contribution is 2.35. The minimum Gasteiger partial charge on any atom is -0.465 e. The van der Waals surface area contributed by atoms with E-state index < -0.39 is 11.6 Å². The second-order valence-corrected chi connectivity index (χ2v) is 8.28. The number of hydrogen-bond donors (Lipinski definition) is 0. The van der Waals surface area contributed by atoms with Crippen LogP contribution >= 0.6 is 11.6 Å². The van der Waals surface area contributed by atoms with Crippen molar-refractivity contribution in [1.82, 2.24) is 0 Å². The summed E-state index contributed by atoms with van der Waals surface area (Å²) in [6.45, 7) is 5.64. The largest absolute Gasteiger partial charge is 0.465 e. The zero-order valence-corrected chi connectivity index (χ0v) is 17.1. The van der Waals surface area contributed by atoms with Crippen LogP contribution in [0.25, 0.3) is 6.08 Å². The number of hydrogen-bond acceptors (Lipinski definition) is 4. The van der Waals surface area contributed by atoms with Gasteiger partial charge in [-0.15, -0.1) is 5.73 Å². The van der Waals surface area contributed by atoms with E-state index in [0.29, 0.717) is 22.6 Å². The molecule has 1 fully saturated rings. The standard InChI is InChI=1S/C22H27ClO4/c1-22(2,3)27-20(24)14-16-9-5-7-15(16)8-6-10-17-13-18(23)11-12-19(17)21(25)26-4/h8,10-13,15-16H,5,7,9,14H2,1-4H3/t6?,15-,16+/m0/s1. The second-order valence-electron chi connectivity index (χ2n) is 7.85. The Morgan fingerprint density at radius 1 is 1.30 bits per heavy atom. The predicted octanol–water partition coefficient (Wildman–Crippen LogP) is 5.44. The van der Waals surface area contributed by atoms with Crippen molar-refractivity contribution >= 4 is 29.6 Å². The van der Waals surface area contributed by atoms with E-state index in [4.69, 9.17) is 21.1 Å². The minimum atomic E-state index is -0.461. The summed E-state index contributed by atoms with van der Waals surface area (Å²) in [5.41, 5.74) is 3.82. The maximum absolute atomic E-state index is 12.1.